The molecule has 2 aliphatic carbocycles. The molecule has 1 unspecified atom stereocenters. The summed E-state index contributed by atoms with van der Waals surface area (Å²) in [6, 6.07) is 48.5. The molecule has 50 heavy (non-hydrogen) atoms. The Morgan fingerprint density at radius 3 is 1.86 bits per heavy atom. The predicted molar refractivity (Wildman–Crippen MR) is 213 cm³/mol. The van der Waals surface area contributed by atoms with Crippen molar-refractivity contribution in [3.05, 3.63) is 163 Å². The van der Waals surface area contributed by atoms with Gasteiger partial charge in [0.2, 0.25) is 0 Å². The third kappa shape index (κ3) is 4.02. The van der Waals surface area contributed by atoms with Gasteiger partial charge in [-0.15, -0.1) is 0 Å². The number of fused-ring (bicyclic) bond motifs is 12. The fourth-order valence-electron chi connectivity index (χ4n) is 9.36. The molecule has 0 saturated carbocycles. The molecule has 2 nitrogen and oxygen atoms in total. The van der Waals surface area contributed by atoms with Gasteiger partial charge in [0.05, 0.1) is 22.6 Å². The first-order valence-electron chi connectivity index (χ1n) is 18.2. The molecule has 0 aliphatic heterocycles. The Hall–Kier alpha value is -5.86. The van der Waals surface area contributed by atoms with Gasteiger partial charge in [-0.3, -0.25) is 0 Å². The second-order valence-corrected chi connectivity index (χ2v) is 14.3. The van der Waals surface area contributed by atoms with Crippen LogP contribution in [0.25, 0.3) is 82.0 Å². The molecule has 238 valence electrons. The van der Waals surface area contributed by atoms with Gasteiger partial charge in [-0.25, -0.2) is 0 Å². The van der Waals surface area contributed by atoms with Gasteiger partial charge in [0.15, 0.2) is 0 Å². The van der Waals surface area contributed by atoms with Crippen LogP contribution in [0.5, 0.6) is 0 Å². The van der Waals surface area contributed by atoms with Crippen LogP contribution in [0.15, 0.2) is 152 Å². The number of hydrogen-bond acceptors (Lipinski definition) is 0. The van der Waals surface area contributed by atoms with Crippen LogP contribution in [0.4, 0.5) is 0 Å². The van der Waals surface area contributed by atoms with E-state index < -0.39 is 0 Å². The van der Waals surface area contributed by atoms with Crippen molar-refractivity contribution >= 4 is 65.2 Å². The lowest BCUT2D eigenvalue weighted by Gasteiger charge is -2.22. The van der Waals surface area contributed by atoms with E-state index in [9.17, 15) is 0 Å². The molecular weight excluding hydrogens is 605 g/mol. The third-order valence-electron chi connectivity index (χ3n) is 11.6. The van der Waals surface area contributed by atoms with Crippen molar-refractivity contribution in [2.24, 2.45) is 0 Å². The molecule has 2 heteroatoms. The van der Waals surface area contributed by atoms with Gasteiger partial charge < -0.3 is 9.13 Å². The van der Waals surface area contributed by atoms with Gasteiger partial charge in [-0.2, -0.15) is 0 Å². The molecule has 1 atom stereocenters. The number of rotatable bonds is 3. The van der Waals surface area contributed by atoms with Crippen molar-refractivity contribution in [1.29, 1.82) is 0 Å². The van der Waals surface area contributed by atoms with Crippen molar-refractivity contribution in [1.82, 2.24) is 9.13 Å². The summed E-state index contributed by atoms with van der Waals surface area (Å²) in [5.41, 5.74) is 11.9. The molecule has 0 radical (unpaired) electrons. The van der Waals surface area contributed by atoms with E-state index in [1.165, 1.54) is 108 Å². The zero-order valence-corrected chi connectivity index (χ0v) is 27.9. The van der Waals surface area contributed by atoms with E-state index in [2.05, 4.69) is 161 Å². The zero-order chi connectivity index (χ0) is 32.8. The van der Waals surface area contributed by atoms with Gasteiger partial charge in [0.1, 0.15) is 0 Å². The predicted octanol–water partition coefficient (Wildman–Crippen LogP) is 12.8. The Balaban J connectivity index is 1.11. The van der Waals surface area contributed by atoms with E-state index in [0.29, 0.717) is 6.04 Å². The van der Waals surface area contributed by atoms with Crippen molar-refractivity contribution in [3.63, 3.8) is 0 Å². The van der Waals surface area contributed by atoms with E-state index in [1.807, 2.05) is 0 Å². The first-order valence-corrected chi connectivity index (χ1v) is 18.2. The van der Waals surface area contributed by atoms with Gasteiger partial charge in [-0.1, -0.05) is 109 Å². The lowest BCUT2D eigenvalue weighted by molar-refractivity contribution is 0.648. The number of para-hydroxylation sites is 2. The number of benzene rings is 7. The smallest absolute Gasteiger partial charge is 0.0560 e. The highest BCUT2D eigenvalue weighted by Crippen LogP contribution is 2.41. The molecule has 0 N–H and O–H groups in total. The molecule has 0 bridgehead atoms. The van der Waals surface area contributed by atoms with Crippen LogP contribution in [-0.2, 0) is 12.8 Å². The van der Waals surface area contributed by atoms with Crippen molar-refractivity contribution in [3.8, 4) is 16.8 Å². The summed E-state index contributed by atoms with van der Waals surface area (Å²) in [5.74, 6) is 0. The minimum Gasteiger partial charge on any atom is -0.333 e. The number of hydrogen-bond donors (Lipinski definition) is 0. The molecule has 0 fully saturated rings. The Morgan fingerprint density at radius 1 is 0.440 bits per heavy atom. The van der Waals surface area contributed by atoms with E-state index in [-0.39, 0.29) is 0 Å². The number of allylic oxidation sites excluding steroid dienone is 4. The summed E-state index contributed by atoms with van der Waals surface area (Å²) in [5, 5.41) is 10.8. The molecule has 0 saturated heterocycles. The number of aromatic nitrogens is 2. The first-order chi connectivity index (χ1) is 24.8. The average Bonchev–Trinajstić information content (AvgIpc) is 3.70. The Kier molecular flexibility index (Phi) is 6.07. The third-order valence-corrected chi connectivity index (χ3v) is 11.6. The Morgan fingerprint density at radius 2 is 1.06 bits per heavy atom. The van der Waals surface area contributed by atoms with Gasteiger partial charge in [0, 0.05) is 32.7 Å². The maximum Gasteiger partial charge on any atom is 0.0560 e. The fraction of sp³-hybridized carbons (Fsp3) is 0.125. The summed E-state index contributed by atoms with van der Waals surface area (Å²) in [6.07, 6.45) is 14.9. The van der Waals surface area contributed by atoms with Crippen molar-refractivity contribution in [2.45, 2.75) is 38.1 Å². The minimum absolute atomic E-state index is 0.308. The normalized spacial score (nSPS) is 16.0. The van der Waals surface area contributed by atoms with E-state index in [4.69, 9.17) is 0 Å². The van der Waals surface area contributed by atoms with Crippen molar-refractivity contribution in [2.75, 3.05) is 0 Å². The van der Waals surface area contributed by atoms with Crippen LogP contribution in [0, 0.1) is 0 Å². The maximum atomic E-state index is 2.54. The fourth-order valence-corrected chi connectivity index (χ4v) is 9.36. The van der Waals surface area contributed by atoms with Gasteiger partial charge >= 0.3 is 0 Å². The second kappa shape index (κ2) is 10.8. The van der Waals surface area contributed by atoms with Crippen LogP contribution in [0.2, 0.25) is 0 Å². The quantitative estimate of drug-likeness (QED) is 0.170. The topological polar surface area (TPSA) is 9.86 Å². The molecule has 9 aromatic rings. The lowest BCUT2D eigenvalue weighted by atomic mass is 9.83. The molecule has 7 aromatic carbocycles. The second-order valence-electron chi connectivity index (χ2n) is 14.3. The van der Waals surface area contributed by atoms with E-state index in [0.717, 1.165) is 6.42 Å². The molecular formula is C48H36N2. The molecule has 2 heterocycles. The molecule has 2 aliphatic rings. The highest BCUT2D eigenvalue weighted by Gasteiger charge is 2.21. The highest BCUT2D eigenvalue weighted by atomic mass is 15.0. The van der Waals surface area contributed by atoms with Crippen LogP contribution in [0.3, 0.4) is 0 Å². The molecule has 2 aromatic heterocycles. The molecule has 11 rings (SSSR count). The summed E-state index contributed by atoms with van der Waals surface area (Å²) < 4.78 is 5.02. The highest BCUT2D eigenvalue weighted by molar-refractivity contribution is 6.14. The minimum atomic E-state index is 0.308. The maximum absolute atomic E-state index is 2.54. The van der Waals surface area contributed by atoms with Crippen LogP contribution in [-0.4, -0.2) is 9.13 Å². The molecule has 0 amide bonds. The van der Waals surface area contributed by atoms with Crippen molar-refractivity contribution < 1.29 is 0 Å². The lowest BCUT2D eigenvalue weighted by Crippen LogP contribution is -2.06. The Labute approximate surface area is 291 Å². The monoisotopic (exact) mass is 640 g/mol. The van der Waals surface area contributed by atoms with Crippen LogP contribution < -0.4 is 0 Å². The van der Waals surface area contributed by atoms with E-state index >= 15 is 0 Å². The Bertz CT molecular complexity index is 2910. The largest absolute Gasteiger partial charge is 0.333 e. The van der Waals surface area contributed by atoms with Gasteiger partial charge in [0.25, 0.3) is 0 Å². The molecule has 0 spiro atoms. The summed E-state index contributed by atoms with van der Waals surface area (Å²) >= 11 is 0. The number of nitrogens with zero attached hydrogens (tertiary/aromatic N) is 2. The number of aryl methyl sites for hydroxylation is 2. The van der Waals surface area contributed by atoms with E-state index in [1.54, 1.807) is 11.1 Å². The first kappa shape index (κ1) is 28.0. The van der Waals surface area contributed by atoms with Gasteiger partial charge in [-0.05, 0) is 118 Å². The standard InChI is InChI=1S/C48H36N2/c1-2-12-33(13-3-1)49-45-20-10-8-18-40(45)42-25-22-32(29-48(42)49)31-23-27-47-44(28-31)41-19-9-11-21-46(41)50(47)34-24-26-39-37-16-5-4-14-35(37)36-15-6-7-17-38(36)43(39)30-34/h1-3,6-12,15,17-30,33H,4-5,13-14,16H2. The summed E-state index contributed by atoms with van der Waals surface area (Å²) in [6.45, 7) is 0. The van der Waals surface area contributed by atoms with Crippen LogP contribution >= 0.6 is 0 Å². The average molecular weight is 641 g/mol. The zero-order valence-electron chi connectivity index (χ0n) is 27.9. The summed E-state index contributed by atoms with van der Waals surface area (Å²) in [7, 11) is 0. The summed E-state index contributed by atoms with van der Waals surface area (Å²) in [4.78, 5) is 0. The van der Waals surface area contributed by atoms with Crippen LogP contribution in [0.1, 0.15) is 36.4 Å². The SMILES string of the molecule is C1=CCC(n2c3ccccc3c3ccc(-c4ccc5c(c4)c4ccccc4n5-c4ccc5c6c(c7ccccc7c5c4)CCCC6)cc32)C=C1.